The number of ether oxygens (including phenoxy) is 2. The maximum atomic E-state index is 12.4. The number of carbonyl (C=O) groups excluding carboxylic acids is 1. The number of alkyl halides is 3. The zero-order chi connectivity index (χ0) is 16.2. The summed E-state index contributed by atoms with van der Waals surface area (Å²) in [6, 6.07) is 10.8. The molecule has 2 aromatic rings. The van der Waals surface area contributed by atoms with Crippen LogP contribution in [0.25, 0.3) is 0 Å². The van der Waals surface area contributed by atoms with Gasteiger partial charge in [-0.1, -0.05) is 0 Å². The van der Waals surface area contributed by atoms with Crippen molar-refractivity contribution < 1.29 is 27.4 Å². The molecule has 0 N–H and O–H groups in total. The first-order chi connectivity index (χ1) is 10.4. The average Bonchev–Trinajstić information content (AvgIpc) is 2.49. The highest BCUT2D eigenvalue weighted by Gasteiger charge is 2.30. The Morgan fingerprint density at radius 1 is 0.909 bits per heavy atom. The molecule has 2 rings (SSSR count). The lowest BCUT2D eigenvalue weighted by atomic mass is 10.2. The zero-order valence-electron chi connectivity index (χ0n) is 11.6. The minimum atomic E-state index is -4.37. The van der Waals surface area contributed by atoms with Crippen molar-refractivity contribution in [1.82, 2.24) is 0 Å². The van der Waals surface area contributed by atoms with Crippen LogP contribution in [0.3, 0.4) is 0 Å². The molecule has 0 aliphatic heterocycles. The van der Waals surface area contributed by atoms with Crippen LogP contribution in [0.15, 0.2) is 48.5 Å². The van der Waals surface area contributed by atoms with Crippen LogP contribution in [0, 0.1) is 0 Å². The van der Waals surface area contributed by atoms with E-state index in [1.54, 1.807) is 31.2 Å². The molecular weight excluding hydrogens is 297 g/mol. The molecule has 3 nitrogen and oxygen atoms in total. The molecule has 1 unspecified atom stereocenters. The lowest BCUT2D eigenvalue weighted by molar-refractivity contribution is -0.137. The summed E-state index contributed by atoms with van der Waals surface area (Å²) >= 11 is 0. The highest BCUT2D eigenvalue weighted by Crippen LogP contribution is 2.31. The van der Waals surface area contributed by atoms with Crippen LogP contribution in [-0.4, -0.2) is 12.4 Å². The number of aldehydes is 1. The average molecular weight is 310 g/mol. The molecule has 0 radical (unpaired) electrons. The van der Waals surface area contributed by atoms with E-state index in [4.69, 9.17) is 9.47 Å². The predicted molar refractivity (Wildman–Crippen MR) is 74.1 cm³/mol. The summed E-state index contributed by atoms with van der Waals surface area (Å²) in [7, 11) is 0. The number of hydrogen-bond acceptors (Lipinski definition) is 3. The van der Waals surface area contributed by atoms with Crippen molar-refractivity contribution in [3.63, 3.8) is 0 Å². The Morgan fingerprint density at radius 3 is 1.82 bits per heavy atom. The molecule has 0 heterocycles. The van der Waals surface area contributed by atoms with Gasteiger partial charge in [-0.3, -0.25) is 4.79 Å². The smallest absolute Gasteiger partial charge is 0.416 e. The molecule has 0 aliphatic carbocycles. The van der Waals surface area contributed by atoms with Crippen LogP contribution in [0.5, 0.6) is 17.2 Å². The van der Waals surface area contributed by atoms with Gasteiger partial charge in [0.25, 0.3) is 0 Å². The normalized spacial score (nSPS) is 12.5. The standard InChI is InChI=1S/C16H13F3O3/c1-11(10-20)21-13-6-8-15(9-7-13)22-14-4-2-12(3-5-14)16(17,18)19/h2-11H,1H3. The minimum Gasteiger partial charge on any atom is -0.483 e. The van der Waals surface area contributed by atoms with Crippen molar-refractivity contribution >= 4 is 6.29 Å². The summed E-state index contributed by atoms with van der Waals surface area (Å²) in [4.78, 5) is 10.5. The van der Waals surface area contributed by atoms with Crippen LogP contribution < -0.4 is 9.47 Å². The third kappa shape index (κ3) is 4.25. The van der Waals surface area contributed by atoms with Gasteiger partial charge in [0.2, 0.25) is 0 Å². The highest BCUT2D eigenvalue weighted by atomic mass is 19.4. The Labute approximate surface area is 125 Å². The Morgan fingerprint density at radius 2 is 1.36 bits per heavy atom. The molecular formula is C16H13F3O3. The summed E-state index contributed by atoms with van der Waals surface area (Å²) in [6.07, 6.45) is -4.25. The van der Waals surface area contributed by atoms with Crippen molar-refractivity contribution in [2.24, 2.45) is 0 Å². The molecule has 0 saturated carbocycles. The fourth-order valence-electron chi connectivity index (χ4n) is 1.68. The molecule has 0 fully saturated rings. The summed E-state index contributed by atoms with van der Waals surface area (Å²) in [6.45, 7) is 1.61. The van der Waals surface area contributed by atoms with Gasteiger partial charge < -0.3 is 9.47 Å². The molecule has 22 heavy (non-hydrogen) atoms. The molecule has 0 bridgehead atoms. The van der Waals surface area contributed by atoms with Crippen LogP contribution in [0.4, 0.5) is 13.2 Å². The van der Waals surface area contributed by atoms with Gasteiger partial charge in [-0.15, -0.1) is 0 Å². The SMILES string of the molecule is CC(C=O)Oc1ccc(Oc2ccc(C(F)(F)F)cc2)cc1. The Balaban J connectivity index is 2.03. The van der Waals surface area contributed by atoms with Gasteiger partial charge in [0.1, 0.15) is 17.2 Å². The van der Waals surface area contributed by atoms with Gasteiger partial charge >= 0.3 is 6.18 Å². The second-order valence-electron chi connectivity index (χ2n) is 4.55. The van der Waals surface area contributed by atoms with Gasteiger partial charge in [0.05, 0.1) is 5.56 Å². The predicted octanol–water partition coefficient (Wildman–Crippen LogP) is 4.46. The van der Waals surface area contributed by atoms with E-state index in [0.29, 0.717) is 23.5 Å². The van der Waals surface area contributed by atoms with Crippen molar-refractivity contribution in [2.75, 3.05) is 0 Å². The minimum absolute atomic E-state index is 0.294. The first-order valence-electron chi connectivity index (χ1n) is 6.45. The van der Waals surface area contributed by atoms with Crippen LogP contribution in [0.2, 0.25) is 0 Å². The van der Waals surface area contributed by atoms with Crippen LogP contribution >= 0.6 is 0 Å². The van der Waals surface area contributed by atoms with Crippen molar-refractivity contribution in [3.8, 4) is 17.2 Å². The molecule has 0 amide bonds. The Bertz CT molecular complexity index is 619. The monoisotopic (exact) mass is 310 g/mol. The topological polar surface area (TPSA) is 35.5 Å². The van der Waals surface area contributed by atoms with Gasteiger partial charge in [0, 0.05) is 0 Å². The summed E-state index contributed by atoms with van der Waals surface area (Å²) < 4.78 is 48.0. The van der Waals surface area contributed by atoms with Crippen molar-refractivity contribution in [3.05, 3.63) is 54.1 Å². The van der Waals surface area contributed by atoms with E-state index in [2.05, 4.69) is 0 Å². The highest BCUT2D eigenvalue weighted by molar-refractivity contribution is 5.56. The number of rotatable bonds is 5. The molecule has 2 aromatic carbocycles. The number of carbonyl (C=O) groups is 1. The Hall–Kier alpha value is -2.50. The second-order valence-corrected chi connectivity index (χ2v) is 4.55. The van der Waals surface area contributed by atoms with Gasteiger partial charge in [-0.25, -0.2) is 0 Å². The van der Waals surface area contributed by atoms with E-state index < -0.39 is 17.8 Å². The molecule has 0 spiro atoms. The van der Waals surface area contributed by atoms with Gasteiger partial charge in [-0.2, -0.15) is 13.2 Å². The molecule has 6 heteroatoms. The van der Waals surface area contributed by atoms with Crippen LogP contribution in [-0.2, 0) is 11.0 Å². The molecule has 0 saturated heterocycles. The number of benzene rings is 2. The number of hydrogen-bond donors (Lipinski definition) is 0. The second kappa shape index (κ2) is 6.51. The van der Waals surface area contributed by atoms with E-state index in [9.17, 15) is 18.0 Å². The first-order valence-corrected chi connectivity index (χ1v) is 6.45. The molecule has 116 valence electrons. The zero-order valence-corrected chi connectivity index (χ0v) is 11.6. The number of halogens is 3. The maximum absolute atomic E-state index is 12.4. The summed E-state index contributed by atoms with van der Waals surface area (Å²) in [5.74, 6) is 1.24. The third-order valence-electron chi connectivity index (χ3n) is 2.75. The fraction of sp³-hybridized carbons (Fsp3) is 0.188. The fourth-order valence-corrected chi connectivity index (χ4v) is 1.68. The third-order valence-corrected chi connectivity index (χ3v) is 2.75. The van der Waals surface area contributed by atoms with Gasteiger partial charge in [-0.05, 0) is 55.5 Å². The molecule has 1 atom stereocenters. The van der Waals surface area contributed by atoms with E-state index in [1.165, 1.54) is 12.1 Å². The Kier molecular flexibility index (Phi) is 4.70. The maximum Gasteiger partial charge on any atom is 0.416 e. The molecule has 0 aromatic heterocycles. The summed E-state index contributed by atoms with van der Waals surface area (Å²) in [5, 5.41) is 0. The largest absolute Gasteiger partial charge is 0.483 e. The quantitative estimate of drug-likeness (QED) is 0.765. The van der Waals surface area contributed by atoms with E-state index in [1.807, 2.05) is 0 Å². The van der Waals surface area contributed by atoms with Crippen molar-refractivity contribution in [2.45, 2.75) is 19.2 Å². The van der Waals surface area contributed by atoms with Crippen LogP contribution in [0.1, 0.15) is 12.5 Å². The van der Waals surface area contributed by atoms with E-state index >= 15 is 0 Å². The van der Waals surface area contributed by atoms with E-state index in [0.717, 1.165) is 12.1 Å². The van der Waals surface area contributed by atoms with Gasteiger partial charge in [0.15, 0.2) is 12.4 Å². The lowest BCUT2D eigenvalue weighted by Crippen LogP contribution is -2.12. The lowest BCUT2D eigenvalue weighted by Gasteiger charge is -2.11. The molecule has 0 aliphatic rings. The van der Waals surface area contributed by atoms with E-state index in [-0.39, 0.29) is 0 Å². The van der Waals surface area contributed by atoms with Crippen molar-refractivity contribution in [1.29, 1.82) is 0 Å². The summed E-state index contributed by atoms with van der Waals surface area (Å²) in [5.41, 5.74) is -0.730. The first kappa shape index (κ1) is 15.9.